The topological polar surface area (TPSA) is 78.9 Å². The van der Waals surface area contributed by atoms with Crippen molar-refractivity contribution in [1.82, 2.24) is 4.90 Å². The molecule has 0 bridgehead atoms. The predicted molar refractivity (Wildman–Crippen MR) is 121 cm³/mol. The Bertz CT molecular complexity index is 824. The van der Waals surface area contributed by atoms with Gasteiger partial charge in [-0.05, 0) is 76.5 Å². The Morgan fingerprint density at radius 3 is 2.40 bits per heavy atom. The molecule has 170 valence electrons. The number of likely N-dealkylation sites (tertiary alicyclic amines) is 1. The van der Waals surface area contributed by atoms with E-state index in [9.17, 15) is 13.5 Å². The standard InChI is InChI=1S/C23H38N2O4S/c1-5-14-29-19-6-10-23(3,11-7-19)25-12-8-18(9-13-25)24-20-16-22(30(4,27)28)17(2)15-21(20)26/h15-16,18-19,24,26H,5-14H2,1-4H3. The lowest BCUT2D eigenvalue weighted by molar-refractivity contribution is -0.0277. The number of hydrogen-bond acceptors (Lipinski definition) is 6. The number of phenolic OH excluding ortho intramolecular Hbond substituents is 1. The van der Waals surface area contributed by atoms with E-state index in [0.717, 1.165) is 51.8 Å². The van der Waals surface area contributed by atoms with Gasteiger partial charge in [0.1, 0.15) is 5.75 Å². The summed E-state index contributed by atoms with van der Waals surface area (Å²) in [5.74, 6) is 0.111. The van der Waals surface area contributed by atoms with Crippen LogP contribution in [0.5, 0.6) is 5.75 Å². The van der Waals surface area contributed by atoms with Crippen LogP contribution in [0.4, 0.5) is 5.69 Å². The van der Waals surface area contributed by atoms with Gasteiger partial charge in [-0.2, -0.15) is 0 Å². The zero-order valence-corrected chi connectivity index (χ0v) is 19.7. The van der Waals surface area contributed by atoms with Crippen LogP contribution >= 0.6 is 0 Å². The number of ether oxygens (including phenoxy) is 1. The first-order chi connectivity index (χ1) is 14.1. The fourth-order valence-corrected chi connectivity index (χ4v) is 5.93. The highest BCUT2D eigenvalue weighted by Gasteiger charge is 2.38. The molecule has 2 N–H and O–H groups in total. The Morgan fingerprint density at radius 1 is 1.20 bits per heavy atom. The molecule has 1 aliphatic carbocycles. The molecule has 0 unspecified atom stereocenters. The van der Waals surface area contributed by atoms with Gasteiger partial charge in [-0.25, -0.2) is 8.42 Å². The highest BCUT2D eigenvalue weighted by Crippen LogP contribution is 2.37. The van der Waals surface area contributed by atoms with Crippen molar-refractivity contribution in [2.24, 2.45) is 0 Å². The molecule has 1 aromatic carbocycles. The summed E-state index contributed by atoms with van der Waals surface area (Å²) in [7, 11) is -3.33. The molecular formula is C23H38N2O4S. The SMILES string of the molecule is CCCOC1CCC(C)(N2CCC(Nc3cc(S(C)(=O)=O)c(C)cc3O)CC2)CC1. The Balaban J connectivity index is 1.57. The number of nitrogens with zero attached hydrogens (tertiary/aromatic N) is 1. The van der Waals surface area contributed by atoms with Crippen molar-refractivity contribution in [3.8, 4) is 5.75 Å². The first-order valence-corrected chi connectivity index (χ1v) is 13.2. The molecular weight excluding hydrogens is 400 g/mol. The fraction of sp³-hybridized carbons (Fsp3) is 0.739. The third kappa shape index (κ3) is 5.48. The van der Waals surface area contributed by atoms with E-state index in [1.807, 2.05) is 0 Å². The van der Waals surface area contributed by atoms with E-state index < -0.39 is 9.84 Å². The van der Waals surface area contributed by atoms with Crippen LogP contribution in [0.2, 0.25) is 0 Å². The molecule has 1 aromatic rings. The Kier molecular flexibility index (Phi) is 7.36. The largest absolute Gasteiger partial charge is 0.506 e. The van der Waals surface area contributed by atoms with Crippen LogP contribution in [0, 0.1) is 6.92 Å². The maximum absolute atomic E-state index is 12.0. The monoisotopic (exact) mass is 438 g/mol. The summed E-state index contributed by atoms with van der Waals surface area (Å²) >= 11 is 0. The van der Waals surface area contributed by atoms with E-state index >= 15 is 0 Å². The zero-order chi connectivity index (χ0) is 21.9. The van der Waals surface area contributed by atoms with Gasteiger partial charge in [0.15, 0.2) is 9.84 Å². The van der Waals surface area contributed by atoms with E-state index in [1.165, 1.54) is 25.2 Å². The van der Waals surface area contributed by atoms with Crippen molar-refractivity contribution in [2.75, 3.05) is 31.3 Å². The summed E-state index contributed by atoms with van der Waals surface area (Å²) in [6.45, 7) is 9.15. The molecule has 30 heavy (non-hydrogen) atoms. The van der Waals surface area contributed by atoms with Crippen molar-refractivity contribution in [3.63, 3.8) is 0 Å². The van der Waals surface area contributed by atoms with Crippen molar-refractivity contribution in [1.29, 1.82) is 0 Å². The van der Waals surface area contributed by atoms with Crippen molar-refractivity contribution in [2.45, 2.75) is 88.3 Å². The Labute approximate surface area is 181 Å². The van der Waals surface area contributed by atoms with Crippen molar-refractivity contribution < 1.29 is 18.3 Å². The van der Waals surface area contributed by atoms with Gasteiger partial charge in [0.05, 0.1) is 16.7 Å². The molecule has 0 aromatic heterocycles. The summed E-state index contributed by atoms with van der Waals surface area (Å²) < 4.78 is 30.0. The summed E-state index contributed by atoms with van der Waals surface area (Å²) in [6, 6.07) is 3.34. The van der Waals surface area contributed by atoms with Gasteiger partial charge >= 0.3 is 0 Å². The molecule has 0 spiro atoms. The molecule has 1 aliphatic heterocycles. The molecule has 1 saturated heterocycles. The van der Waals surface area contributed by atoms with Crippen LogP contribution in [0.25, 0.3) is 0 Å². The minimum absolute atomic E-state index is 0.111. The average molecular weight is 439 g/mol. The Hall–Kier alpha value is -1.31. The molecule has 2 fully saturated rings. The molecule has 0 amide bonds. The molecule has 1 saturated carbocycles. The summed E-state index contributed by atoms with van der Waals surface area (Å²) in [4.78, 5) is 2.90. The number of aryl methyl sites for hydroxylation is 1. The maximum atomic E-state index is 12.0. The highest BCUT2D eigenvalue weighted by atomic mass is 32.2. The number of aromatic hydroxyl groups is 1. The van der Waals surface area contributed by atoms with E-state index in [4.69, 9.17) is 4.74 Å². The van der Waals surface area contributed by atoms with Crippen LogP contribution in [0.1, 0.15) is 64.4 Å². The predicted octanol–water partition coefficient (Wildman–Crippen LogP) is 4.11. The second-order valence-corrected chi connectivity index (χ2v) is 11.4. The number of rotatable bonds is 7. The molecule has 7 heteroatoms. The normalized spacial score (nSPS) is 26.6. The van der Waals surface area contributed by atoms with Crippen LogP contribution in [0.3, 0.4) is 0 Å². The number of hydrogen-bond donors (Lipinski definition) is 2. The van der Waals surface area contributed by atoms with Gasteiger partial charge in [-0.1, -0.05) is 6.92 Å². The van der Waals surface area contributed by atoms with Crippen molar-refractivity contribution >= 4 is 15.5 Å². The van der Waals surface area contributed by atoms with E-state index in [-0.39, 0.29) is 22.2 Å². The van der Waals surface area contributed by atoms with E-state index in [2.05, 4.69) is 24.1 Å². The summed E-state index contributed by atoms with van der Waals surface area (Å²) in [5, 5.41) is 13.7. The van der Waals surface area contributed by atoms with E-state index in [0.29, 0.717) is 17.4 Å². The van der Waals surface area contributed by atoms with Crippen LogP contribution in [0.15, 0.2) is 17.0 Å². The second kappa shape index (κ2) is 9.45. The molecule has 0 atom stereocenters. The minimum Gasteiger partial charge on any atom is -0.506 e. The minimum atomic E-state index is -3.33. The lowest BCUT2D eigenvalue weighted by Gasteiger charge is -2.48. The highest BCUT2D eigenvalue weighted by molar-refractivity contribution is 7.90. The van der Waals surface area contributed by atoms with Gasteiger partial charge < -0.3 is 15.2 Å². The Morgan fingerprint density at radius 2 is 1.83 bits per heavy atom. The van der Waals surface area contributed by atoms with E-state index in [1.54, 1.807) is 13.0 Å². The lowest BCUT2D eigenvalue weighted by atomic mass is 9.79. The molecule has 1 heterocycles. The molecule has 3 rings (SSSR count). The summed E-state index contributed by atoms with van der Waals surface area (Å²) in [6.07, 6.45) is 9.30. The van der Waals surface area contributed by atoms with Gasteiger partial charge in [0, 0.05) is 37.5 Å². The quantitative estimate of drug-likeness (QED) is 0.624. The van der Waals surface area contributed by atoms with Gasteiger partial charge in [-0.15, -0.1) is 0 Å². The summed E-state index contributed by atoms with van der Waals surface area (Å²) in [5.41, 5.74) is 1.33. The fourth-order valence-electron chi connectivity index (χ4n) is 4.95. The molecule has 2 aliphatic rings. The number of piperidine rings is 1. The van der Waals surface area contributed by atoms with Gasteiger partial charge in [0.2, 0.25) is 0 Å². The van der Waals surface area contributed by atoms with Gasteiger partial charge in [0.25, 0.3) is 0 Å². The van der Waals surface area contributed by atoms with Crippen LogP contribution < -0.4 is 5.32 Å². The maximum Gasteiger partial charge on any atom is 0.175 e. The van der Waals surface area contributed by atoms with Crippen LogP contribution in [-0.4, -0.2) is 62.1 Å². The van der Waals surface area contributed by atoms with Crippen molar-refractivity contribution in [3.05, 3.63) is 17.7 Å². The van der Waals surface area contributed by atoms with Crippen LogP contribution in [-0.2, 0) is 14.6 Å². The number of sulfone groups is 1. The second-order valence-electron chi connectivity index (χ2n) is 9.38. The average Bonchev–Trinajstić information content (AvgIpc) is 2.69. The number of phenols is 1. The first kappa shape index (κ1) is 23.4. The number of anilines is 1. The molecule has 6 nitrogen and oxygen atoms in total. The number of nitrogens with one attached hydrogen (secondary N) is 1. The third-order valence-corrected chi connectivity index (χ3v) is 8.12. The third-order valence-electron chi connectivity index (χ3n) is 6.88. The zero-order valence-electron chi connectivity index (χ0n) is 18.9. The number of benzene rings is 1. The smallest absolute Gasteiger partial charge is 0.175 e. The molecule has 0 radical (unpaired) electrons. The first-order valence-electron chi connectivity index (χ1n) is 11.3. The van der Waals surface area contributed by atoms with Gasteiger partial charge in [-0.3, -0.25) is 4.90 Å². The lowest BCUT2D eigenvalue weighted by Crippen LogP contribution is -2.53.